The van der Waals surface area contributed by atoms with Gasteiger partial charge in [-0.1, -0.05) is 0 Å². The first-order chi connectivity index (χ1) is 13.2. The molecule has 0 saturated carbocycles. The van der Waals surface area contributed by atoms with Crippen molar-refractivity contribution in [2.75, 3.05) is 18.4 Å². The smallest absolute Gasteiger partial charge is 0.413 e. The van der Waals surface area contributed by atoms with Crippen LogP contribution in [0, 0.1) is 12.8 Å². The van der Waals surface area contributed by atoms with Crippen LogP contribution in [0.25, 0.3) is 0 Å². The van der Waals surface area contributed by atoms with Crippen molar-refractivity contribution in [1.29, 1.82) is 0 Å². The molecule has 0 radical (unpaired) electrons. The van der Waals surface area contributed by atoms with Crippen molar-refractivity contribution in [2.45, 2.75) is 72.1 Å². The maximum Gasteiger partial charge on any atom is 0.413 e. The molecule has 2 unspecified atom stereocenters. The molecule has 0 aromatic carbocycles. The van der Waals surface area contributed by atoms with Crippen molar-refractivity contribution in [3.63, 3.8) is 0 Å². The number of likely N-dealkylation sites (tertiary alicyclic amines) is 1. The van der Waals surface area contributed by atoms with E-state index in [0.29, 0.717) is 25.3 Å². The number of carbonyl (C=O) groups is 2. The van der Waals surface area contributed by atoms with E-state index in [9.17, 15) is 9.59 Å². The van der Waals surface area contributed by atoms with Gasteiger partial charge in [0, 0.05) is 24.8 Å². The first-order valence-corrected chi connectivity index (χ1v) is 9.93. The minimum Gasteiger partial charge on any atom is -0.444 e. The van der Waals surface area contributed by atoms with Crippen molar-refractivity contribution >= 4 is 18.0 Å². The summed E-state index contributed by atoms with van der Waals surface area (Å²) >= 11 is 0. The van der Waals surface area contributed by atoms with E-state index >= 15 is 0 Å². The number of hydrogen-bond acceptors (Lipinski definition) is 6. The molecule has 1 fully saturated rings. The zero-order valence-corrected chi connectivity index (χ0v) is 18.5. The van der Waals surface area contributed by atoms with Crippen molar-refractivity contribution in [2.24, 2.45) is 11.7 Å². The number of nitrogens with one attached hydrogen (secondary N) is 1. The Hall–Kier alpha value is -2.35. The van der Waals surface area contributed by atoms with Crippen LogP contribution in [0.3, 0.4) is 0 Å². The van der Waals surface area contributed by atoms with E-state index in [1.54, 1.807) is 31.7 Å². The molecule has 1 aliphatic rings. The molecule has 2 amide bonds. The molecule has 0 spiro atoms. The van der Waals surface area contributed by atoms with Gasteiger partial charge in [-0.2, -0.15) is 0 Å². The van der Waals surface area contributed by atoms with Gasteiger partial charge in [-0.15, -0.1) is 0 Å². The monoisotopic (exact) mass is 406 g/mol. The Morgan fingerprint density at radius 3 is 2.34 bits per heavy atom. The fourth-order valence-electron chi connectivity index (χ4n) is 3.17. The highest BCUT2D eigenvalue weighted by molar-refractivity contribution is 5.83. The maximum absolute atomic E-state index is 12.3. The molecular weight excluding hydrogens is 372 g/mol. The zero-order chi connectivity index (χ0) is 22.0. The van der Waals surface area contributed by atoms with Crippen LogP contribution < -0.4 is 11.1 Å². The number of amides is 2. The van der Waals surface area contributed by atoms with Gasteiger partial charge in [0.05, 0.1) is 0 Å². The number of rotatable bonds is 3. The van der Waals surface area contributed by atoms with Gasteiger partial charge in [0.1, 0.15) is 17.0 Å². The first-order valence-electron chi connectivity index (χ1n) is 9.93. The molecular formula is C21H34N4O4. The lowest BCUT2D eigenvalue weighted by molar-refractivity contribution is 0.0286. The second-order valence-corrected chi connectivity index (χ2v) is 9.66. The van der Waals surface area contributed by atoms with E-state index in [2.05, 4.69) is 10.3 Å². The summed E-state index contributed by atoms with van der Waals surface area (Å²) in [6.07, 6.45) is -0.291. The number of ether oxygens (including phenoxy) is 2. The summed E-state index contributed by atoms with van der Waals surface area (Å²) < 4.78 is 10.7. The van der Waals surface area contributed by atoms with Gasteiger partial charge in [0.15, 0.2) is 0 Å². The number of nitrogens with two attached hydrogens (primary N) is 1. The molecule has 1 aliphatic heterocycles. The normalized spacial score (nSPS) is 19.8. The summed E-state index contributed by atoms with van der Waals surface area (Å²) in [6.45, 7) is 13.8. The number of pyridine rings is 1. The minimum atomic E-state index is -0.585. The lowest BCUT2D eigenvalue weighted by Gasteiger charge is -2.24. The molecule has 162 valence electrons. The van der Waals surface area contributed by atoms with E-state index in [1.165, 1.54) is 0 Å². The highest BCUT2D eigenvalue weighted by Gasteiger charge is 2.35. The second kappa shape index (κ2) is 8.57. The summed E-state index contributed by atoms with van der Waals surface area (Å²) in [6, 6.07) is 3.59. The summed E-state index contributed by atoms with van der Waals surface area (Å²) in [5.41, 5.74) is 6.93. The molecule has 8 nitrogen and oxygen atoms in total. The Morgan fingerprint density at radius 1 is 1.14 bits per heavy atom. The predicted molar refractivity (Wildman–Crippen MR) is 112 cm³/mol. The van der Waals surface area contributed by atoms with Gasteiger partial charge in [-0.3, -0.25) is 5.32 Å². The van der Waals surface area contributed by atoms with Gasteiger partial charge >= 0.3 is 12.2 Å². The van der Waals surface area contributed by atoms with Crippen LogP contribution in [0.15, 0.2) is 12.1 Å². The molecule has 1 saturated heterocycles. The van der Waals surface area contributed by atoms with Gasteiger partial charge in [-0.05, 0) is 78.5 Å². The number of aromatic nitrogens is 1. The fraction of sp³-hybridized carbons (Fsp3) is 0.667. The average Bonchev–Trinajstić information content (AvgIpc) is 2.84. The van der Waals surface area contributed by atoms with E-state index < -0.39 is 17.3 Å². The van der Waals surface area contributed by atoms with Crippen LogP contribution in [0.5, 0.6) is 0 Å². The van der Waals surface area contributed by atoms with Crippen molar-refractivity contribution in [3.05, 3.63) is 23.4 Å². The van der Waals surface area contributed by atoms with E-state index in [1.807, 2.05) is 33.8 Å². The zero-order valence-electron chi connectivity index (χ0n) is 18.5. The third kappa shape index (κ3) is 7.53. The Balaban J connectivity index is 2.03. The van der Waals surface area contributed by atoms with Crippen LogP contribution in [-0.4, -0.2) is 52.4 Å². The molecule has 0 aliphatic carbocycles. The molecule has 2 rings (SSSR count). The third-order valence-electron chi connectivity index (χ3n) is 4.27. The highest BCUT2D eigenvalue weighted by atomic mass is 16.6. The molecule has 3 N–H and O–H groups in total. The molecule has 0 bridgehead atoms. The first kappa shape index (κ1) is 22.9. The quantitative estimate of drug-likeness (QED) is 0.796. The lowest BCUT2D eigenvalue weighted by Crippen LogP contribution is -2.36. The van der Waals surface area contributed by atoms with Crippen LogP contribution in [0.1, 0.15) is 52.8 Å². The summed E-state index contributed by atoms with van der Waals surface area (Å²) in [5, 5.41) is 2.68. The van der Waals surface area contributed by atoms with Gasteiger partial charge < -0.3 is 20.1 Å². The van der Waals surface area contributed by atoms with Gasteiger partial charge in [-0.25, -0.2) is 14.6 Å². The number of anilines is 1. The molecule has 2 heterocycles. The molecule has 1 aromatic heterocycles. The molecule has 8 heteroatoms. The van der Waals surface area contributed by atoms with Crippen LogP contribution >= 0.6 is 0 Å². The number of carbonyl (C=O) groups excluding carboxylic acids is 2. The Morgan fingerprint density at radius 2 is 1.76 bits per heavy atom. The Kier molecular flexibility index (Phi) is 6.78. The SMILES string of the molecule is Cc1cc(CC2CN(C(=O)OC(C)(C)C)CC2N)nc(NC(=O)OC(C)(C)C)c1. The largest absolute Gasteiger partial charge is 0.444 e. The lowest BCUT2D eigenvalue weighted by atomic mass is 9.98. The van der Waals surface area contributed by atoms with Crippen LogP contribution in [-0.2, 0) is 15.9 Å². The second-order valence-electron chi connectivity index (χ2n) is 9.66. The van der Waals surface area contributed by atoms with Crippen molar-refractivity contribution in [3.8, 4) is 0 Å². The van der Waals surface area contributed by atoms with Crippen LogP contribution in [0.4, 0.5) is 15.4 Å². The topological polar surface area (TPSA) is 107 Å². The van der Waals surface area contributed by atoms with E-state index in [0.717, 1.165) is 11.3 Å². The van der Waals surface area contributed by atoms with Crippen LogP contribution in [0.2, 0.25) is 0 Å². The predicted octanol–water partition coefficient (Wildman–Crippen LogP) is 3.47. The Bertz CT molecular complexity index is 752. The number of hydrogen-bond donors (Lipinski definition) is 2. The van der Waals surface area contributed by atoms with E-state index in [4.69, 9.17) is 15.2 Å². The molecule has 29 heavy (non-hydrogen) atoms. The Labute approximate surface area is 173 Å². The minimum absolute atomic E-state index is 0.0613. The highest BCUT2D eigenvalue weighted by Crippen LogP contribution is 2.23. The third-order valence-corrected chi connectivity index (χ3v) is 4.27. The summed E-state index contributed by atoms with van der Waals surface area (Å²) in [5.74, 6) is 0.496. The number of nitrogens with zero attached hydrogens (tertiary/aromatic N) is 2. The average molecular weight is 407 g/mol. The van der Waals surface area contributed by atoms with Gasteiger partial charge in [0.25, 0.3) is 0 Å². The van der Waals surface area contributed by atoms with Crippen molar-refractivity contribution in [1.82, 2.24) is 9.88 Å². The summed E-state index contributed by atoms with van der Waals surface area (Å²) in [4.78, 5) is 30.5. The standard InChI is InChI=1S/C21H34N4O4/c1-13-8-15(23-17(9-13)24-18(26)28-20(2,3)4)10-14-11-25(12-16(14)22)19(27)29-21(5,6)7/h8-9,14,16H,10-12,22H2,1-7H3,(H,23,24,26). The maximum atomic E-state index is 12.3. The van der Waals surface area contributed by atoms with Gasteiger partial charge in [0.2, 0.25) is 0 Å². The summed E-state index contributed by atoms with van der Waals surface area (Å²) in [7, 11) is 0. The van der Waals surface area contributed by atoms with E-state index in [-0.39, 0.29) is 18.1 Å². The van der Waals surface area contributed by atoms with Crippen molar-refractivity contribution < 1.29 is 19.1 Å². The fourth-order valence-corrected chi connectivity index (χ4v) is 3.17. The number of aryl methyl sites for hydroxylation is 1. The molecule has 2 atom stereocenters. The molecule has 1 aromatic rings.